The summed E-state index contributed by atoms with van der Waals surface area (Å²) in [7, 11) is -2.45. The fourth-order valence-corrected chi connectivity index (χ4v) is 2.61. The van der Waals surface area contributed by atoms with E-state index in [4.69, 9.17) is 8.92 Å². The summed E-state index contributed by atoms with van der Waals surface area (Å²) in [4.78, 5) is 11.3. The Hall–Kier alpha value is -2.34. The molecule has 2 rings (SSSR count). The van der Waals surface area contributed by atoms with Gasteiger partial charge in [0.2, 0.25) is 0 Å². The molecule has 0 saturated carbocycles. The van der Waals surface area contributed by atoms with Gasteiger partial charge in [-0.15, -0.1) is 0 Å². The zero-order valence-corrected chi connectivity index (χ0v) is 12.4. The van der Waals surface area contributed by atoms with E-state index in [1.807, 2.05) is 0 Å². The van der Waals surface area contributed by atoms with E-state index in [0.717, 1.165) is 0 Å². The molecule has 0 fully saturated rings. The maximum atomic E-state index is 12.1. The molecule has 0 spiro atoms. The van der Waals surface area contributed by atoms with Crippen molar-refractivity contribution in [3.8, 4) is 11.5 Å². The van der Waals surface area contributed by atoms with E-state index in [-0.39, 0.29) is 16.4 Å². The molecule has 5 nitrogen and oxygen atoms in total. The average molecular weight is 306 g/mol. The molecule has 0 saturated heterocycles. The lowest BCUT2D eigenvalue weighted by molar-refractivity contribution is 0.101. The lowest BCUT2D eigenvalue weighted by Crippen LogP contribution is -2.10. The molecule has 0 aliphatic carbocycles. The lowest BCUT2D eigenvalue weighted by Gasteiger charge is -2.08. The lowest BCUT2D eigenvalue weighted by atomic mass is 10.1. The molecule has 0 bridgehead atoms. The van der Waals surface area contributed by atoms with Gasteiger partial charge < -0.3 is 8.92 Å². The second-order valence-corrected chi connectivity index (χ2v) is 5.84. The highest BCUT2D eigenvalue weighted by Crippen LogP contribution is 2.21. The number of ether oxygens (including phenoxy) is 1. The molecule has 0 aliphatic rings. The van der Waals surface area contributed by atoms with Gasteiger partial charge in [0.1, 0.15) is 16.4 Å². The van der Waals surface area contributed by atoms with Crippen molar-refractivity contribution < 1.29 is 22.1 Å². The number of hydrogen-bond acceptors (Lipinski definition) is 5. The first-order valence-corrected chi connectivity index (χ1v) is 7.53. The molecule has 0 radical (unpaired) electrons. The predicted octanol–water partition coefficient (Wildman–Crippen LogP) is 2.67. The van der Waals surface area contributed by atoms with Crippen molar-refractivity contribution in [2.75, 3.05) is 7.11 Å². The minimum Gasteiger partial charge on any atom is -0.497 e. The van der Waals surface area contributed by atoms with Gasteiger partial charge in [-0.2, -0.15) is 8.42 Å². The Balaban J connectivity index is 2.28. The van der Waals surface area contributed by atoms with Crippen LogP contribution in [0.1, 0.15) is 17.3 Å². The van der Waals surface area contributed by atoms with E-state index in [9.17, 15) is 13.2 Å². The largest absolute Gasteiger partial charge is 0.497 e. The van der Waals surface area contributed by atoms with Gasteiger partial charge in [0.05, 0.1) is 7.11 Å². The van der Waals surface area contributed by atoms with Crippen molar-refractivity contribution in [1.82, 2.24) is 0 Å². The highest BCUT2D eigenvalue weighted by atomic mass is 32.2. The van der Waals surface area contributed by atoms with Crippen LogP contribution in [0, 0.1) is 0 Å². The van der Waals surface area contributed by atoms with Crippen LogP contribution in [0.2, 0.25) is 0 Å². The summed E-state index contributed by atoms with van der Waals surface area (Å²) in [6.07, 6.45) is 0. The second kappa shape index (κ2) is 5.97. The molecule has 0 atom stereocenters. The summed E-state index contributed by atoms with van der Waals surface area (Å²) in [5, 5.41) is 0. The molecule has 0 heterocycles. The molecule has 0 aliphatic heterocycles. The van der Waals surface area contributed by atoms with Crippen molar-refractivity contribution in [2.24, 2.45) is 0 Å². The first-order chi connectivity index (χ1) is 9.92. The Kier molecular flexibility index (Phi) is 4.28. The van der Waals surface area contributed by atoms with Gasteiger partial charge in [-0.1, -0.05) is 12.1 Å². The standard InChI is InChI=1S/C15H14O5S/c1-11(16)12-4-3-5-14(10-12)20-21(17,18)15-8-6-13(19-2)7-9-15/h3-10H,1-2H3. The van der Waals surface area contributed by atoms with Gasteiger partial charge in [0.15, 0.2) is 5.78 Å². The molecular formula is C15H14O5S. The van der Waals surface area contributed by atoms with E-state index in [1.165, 1.54) is 50.4 Å². The summed E-state index contributed by atoms with van der Waals surface area (Å²) in [6, 6.07) is 11.9. The number of Topliss-reactive ketones (excluding diaryl/α,β-unsaturated/α-hetero) is 1. The van der Waals surface area contributed by atoms with E-state index in [0.29, 0.717) is 11.3 Å². The molecule has 21 heavy (non-hydrogen) atoms. The maximum absolute atomic E-state index is 12.1. The molecule has 0 aromatic heterocycles. The summed E-state index contributed by atoms with van der Waals surface area (Å²) >= 11 is 0. The van der Waals surface area contributed by atoms with Crippen LogP contribution in [0.3, 0.4) is 0 Å². The van der Waals surface area contributed by atoms with Gasteiger partial charge in [0, 0.05) is 5.56 Å². The Morgan fingerprint density at radius 2 is 1.67 bits per heavy atom. The van der Waals surface area contributed by atoms with Crippen LogP contribution in [0.4, 0.5) is 0 Å². The summed E-state index contributed by atoms with van der Waals surface area (Å²) in [5.74, 6) is 0.480. The highest BCUT2D eigenvalue weighted by Gasteiger charge is 2.17. The van der Waals surface area contributed by atoms with Gasteiger partial charge in [-0.05, 0) is 43.3 Å². The third-order valence-corrected chi connectivity index (χ3v) is 4.06. The van der Waals surface area contributed by atoms with Gasteiger partial charge in [-0.25, -0.2) is 0 Å². The zero-order valence-electron chi connectivity index (χ0n) is 11.6. The van der Waals surface area contributed by atoms with Crippen LogP contribution in [0.25, 0.3) is 0 Å². The van der Waals surface area contributed by atoms with Crippen LogP contribution >= 0.6 is 0 Å². The zero-order chi connectivity index (χ0) is 15.5. The minimum absolute atomic E-state index is 0.0107. The fourth-order valence-electron chi connectivity index (χ4n) is 1.68. The van der Waals surface area contributed by atoms with Crippen LogP contribution < -0.4 is 8.92 Å². The summed E-state index contributed by atoms with van der Waals surface area (Å²) in [5.41, 5.74) is 0.387. The fraction of sp³-hybridized carbons (Fsp3) is 0.133. The third-order valence-electron chi connectivity index (χ3n) is 2.79. The van der Waals surface area contributed by atoms with Crippen LogP contribution in [0.15, 0.2) is 53.4 Å². The van der Waals surface area contributed by atoms with E-state index < -0.39 is 10.1 Å². The number of rotatable bonds is 5. The van der Waals surface area contributed by atoms with Crippen molar-refractivity contribution >= 4 is 15.9 Å². The monoisotopic (exact) mass is 306 g/mol. The van der Waals surface area contributed by atoms with E-state index in [2.05, 4.69) is 0 Å². The molecule has 110 valence electrons. The molecule has 6 heteroatoms. The Labute approximate surface area is 123 Å². The molecule has 2 aromatic carbocycles. The van der Waals surface area contributed by atoms with Crippen molar-refractivity contribution in [3.63, 3.8) is 0 Å². The first kappa shape index (κ1) is 15.1. The minimum atomic E-state index is -3.95. The van der Waals surface area contributed by atoms with Gasteiger partial charge >= 0.3 is 10.1 Å². The summed E-state index contributed by atoms with van der Waals surface area (Å²) in [6.45, 7) is 1.40. The Bertz CT molecular complexity index is 748. The molecule has 0 N–H and O–H groups in total. The third kappa shape index (κ3) is 3.61. The molecule has 0 unspecified atom stereocenters. The topological polar surface area (TPSA) is 69.7 Å². The Morgan fingerprint density at radius 1 is 1.00 bits per heavy atom. The number of benzene rings is 2. The molecular weight excluding hydrogens is 292 g/mol. The quantitative estimate of drug-likeness (QED) is 0.627. The van der Waals surface area contributed by atoms with Crippen molar-refractivity contribution in [3.05, 3.63) is 54.1 Å². The molecule has 2 aromatic rings. The predicted molar refractivity (Wildman–Crippen MR) is 77.3 cm³/mol. The maximum Gasteiger partial charge on any atom is 0.339 e. The van der Waals surface area contributed by atoms with Gasteiger partial charge in [0.25, 0.3) is 0 Å². The van der Waals surface area contributed by atoms with E-state index >= 15 is 0 Å². The second-order valence-electron chi connectivity index (χ2n) is 4.30. The number of hydrogen-bond donors (Lipinski definition) is 0. The number of methoxy groups -OCH3 is 1. The van der Waals surface area contributed by atoms with Crippen molar-refractivity contribution in [1.29, 1.82) is 0 Å². The number of carbonyl (C=O) groups is 1. The number of carbonyl (C=O) groups excluding carboxylic acids is 1. The van der Waals surface area contributed by atoms with Gasteiger partial charge in [-0.3, -0.25) is 4.79 Å². The SMILES string of the molecule is COc1ccc(S(=O)(=O)Oc2cccc(C(C)=O)c2)cc1. The van der Waals surface area contributed by atoms with Crippen LogP contribution in [-0.4, -0.2) is 21.3 Å². The van der Waals surface area contributed by atoms with Crippen molar-refractivity contribution in [2.45, 2.75) is 11.8 Å². The average Bonchev–Trinajstić information content (AvgIpc) is 2.47. The highest BCUT2D eigenvalue weighted by molar-refractivity contribution is 7.87. The van der Waals surface area contributed by atoms with Crippen LogP contribution in [-0.2, 0) is 10.1 Å². The normalized spacial score (nSPS) is 11.0. The molecule has 0 amide bonds. The summed E-state index contributed by atoms with van der Waals surface area (Å²) < 4.78 is 34.3. The van der Waals surface area contributed by atoms with E-state index in [1.54, 1.807) is 12.1 Å². The first-order valence-electron chi connectivity index (χ1n) is 6.12. The number of ketones is 1. The Morgan fingerprint density at radius 3 is 2.24 bits per heavy atom. The smallest absolute Gasteiger partial charge is 0.339 e. The van der Waals surface area contributed by atoms with Crippen LogP contribution in [0.5, 0.6) is 11.5 Å².